The van der Waals surface area contributed by atoms with Crippen molar-refractivity contribution in [2.45, 2.75) is 5.41 Å². The molecule has 1 nitrogen and oxygen atoms in total. The Morgan fingerprint density at radius 1 is 0.404 bits per heavy atom. The van der Waals surface area contributed by atoms with Gasteiger partial charge < -0.3 is 0 Å². The number of hydrogen-bond donors (Lipinski definition) is 0. The molecule has 0 radical (unpaired) electrons. The summed E-state index contributed by atoms with van der Waals surface area (Å²) < 4.78 is 2.61. The standard InChI is InChI=1S/C50H31NS/c1-4-16-32(17-5-1)48-41-31-40(49-47(39-24-12-15-27-45(39)52-49)46(41)38-23-11-14-26-44(38)51-48)33-28-29-37-36-22-10-13-25-42(36)50(43(37)30-33,34-18-6-2-7-19-34)35-20-8-3-9-21-35/h1-31H. The second-order valence-electron chi connectivity index (χ2n) is 13.8. The average molecular weight is 678 g/mol. The molecule has 0 atom stereocenters. The Labute approximate surface area is 306 Å². The molecule has 0 aliphatic heterocycles. The molecule has 2 heterocycles. The second-order valence-corrected chi connectivity index (χ2v) is 14.8. The van der Waals surface area contributed by atoms with Crippen molar-refractivity contribution in [1.29, 1.82) is 0 Å². The fourth-order valence-electron chi connectivity index (χ4n) is 8.97. The Morgan fingerprint density at radius 2 is 1.02 bits per heavy atom. The van der Waals surface area contributed by atoms with Gasteiger partial charge in [-0.25, -0.2) is 4.98 Å². The van der Waals surface area contributed by atoms with Crippen LogP contribution in [0.4, 0.5) is 0 Å². The average Bonchev–Trinajstić information content (AvgIpc) is 3.75. The SMILES string of the molecule is c1ccc(-c2nc3ccccc3c3c2cc(-c2ccc4c(c2)C(c2ccccc2)(c2ccccc2)c2ccccc2-4)c2sc4ccccc4c23)cc1. The second kappa shape index (κ2) is 11.3. The number of para-hydroxylation sites is 1. The Balaban J connectivity index is 1.29. The zero-order chi connectivity index (χ0) is 34.2. The highest BCUT2D eigenvalue weighted by Gasteiger charge is 2.46. The molecule has 52 heavy (non-hydrogen) atoms. The van der Waals surface area contributed by atoms with Crippen LogP contribution < -0.4 is 0 Å². The lowest BCUT2D eigenvalue weighted by molar-refractivity contribution is 0.769. The van der Waals surface area contributed by atoms with E-state index < -0.39 is 5.41 Å². The van der Waals surface area contributed by atoms with Gasteiger partial charge in [0.15, 0.2) is 0 Å². The van der Waals surface area contributed by atoms with Gasteiger partial charge in [-0.3, -0.25) is 0 Å². The van der Waals surface area contributed by atoms with Gasteiger partial charge in [-0.1, -0.05) is 164 Å². The van der Waals surface area contributed by atoms with E-state index in [9.17, 15) is 0 Å². The maximum absolute atomic E-state index is 5.37. The van der Waals surface area contributed by atoms with E-state index in [1.807, 2.05) is 11.3 Å². The summed E-state index contributed by atoms with van der Waals surface area (Å²) in [5, 5.41) is 6.24. The molecule has 1 aliphatic carbocycles. The molecule has 0 saturated carbocycles. The Bertz CT molecular complexity index is 2960. The Kier molecular flexibility index (Phi) is 6.40. The van der Waals surface area contributed by atoms with Crippen LogP contribution in [-0.4, -0.2) is 4.98 Å². The van der Waals surface area contributed by atoms with Crippen LogP contribution in [0.25, 0.3) is 75.4 Å². The van der Waals surface area contributed by atoms with Crippen LogP contribution in [0.2, 0.25) is 0 Å². The van der Waals surface area contributed by atoms with Gasteiger partial charge >= 0.3 is 0 Å². The van der Waals surface area contributed by atoms with E-state index >= 15 is 0 Å². The van der Waals surface area contributed by atoms with E-state index in [-0.39, 0.29) is 0 Å². The van der Waals surface area contributed by atoms with Gasteiger partial charge in [0.05, 0.1) is 16.6 Å². The predicted octanol–water partition coefficient (Wildman–Crippen LogP) is 13.5. The lowest BCUT2D eigenvalue weighted by Crippen LogP contribution is -2.28. The molecule has 0 unspecified atom stereocenters. The van der Waals surface area contributed by atoms with Gasteiger partial charge in [0.25, 0.3) is 0 Å². The van der Waals surface area contributed by atoms with Crippen molar-refractivity contribution in [2.75, 3.05) is 0 Å². The topological polar surface area (TPSA) is 12.9 Å². The van der Waals surface area contributed by atoms with E-state index in [0.29, 0.717) is 0 Å². The maximum atomic E-state index is 5.37. The summed E-state index contributed by atoms with van der Waals surface area (Å²) in [5.74, 6) is 0. The van der Waals surface area contributed by atoms with Gasteiger partial charge in [0.2, 0.25) is 0 Å². The molecular weight excluding hydrogens is 647 g/mol. The molecular formula is C50H31NS. The predicted molar refractivity (Wildman–Crippen MR) is 220 cm³/mol. The van der Waals surface area contributed by atoms with Gasteiger partial charge in [0.1, 0.15) is 0 Å². The Hall–Kier alpha value is -6.35. The summed E-state index contributed by atoms with van der Waals surface area (Å²) in [7, 11) is 0. The van der Waals surface area contributed by atoms with E-state index in [1.54, 1.807) is 0 Å². The van der Waals surface area contributed by atoms with Crippen molar-refractivity contribution in [3.05, 3.63) is 210 Å². The van der Waals surface area contributed by atoms with Crippen molar-refractivity contribution in [1.82, 2.24) is 4.98 Å². The first-order chi connectivity index (χ1) is 25.8. The smallest absolute Gasteiger partial charge is 0.0788 e. The van der Waals surface area contributed by atoms with Crippen LogP contribution >= 0.6 is 11.3 Å². The summed E-state index contributed by atoms with van der Waals surface area (Å²) in [6.45, 7) is 0. The van der Waals surface area contributed by atoms with E-state index in [2.05, 4.69) is 188 Å². The van der Waals surface area contributed by atoms with Crippen LogP contribution in [-0.2, 0) is 5.41 Å². The first-order valence-electron chi connectivity index (χ1n) is 17.9. The van der Waals surface area contributed by atoms with Gasteiger partial charge in [0, 0.05) is 47.5 Å². The first kappa shape index (κ1) is 29.4. The molecule has 0 bridgehead atoms. The summed E-state index contributed by atoms with van der Waals surface area (Å²) >= 11 is 1.90. The van der Waals surface area contributed by atoms with Gasteiger partial charge in [-0.15, -0.1) is 11.3 Å². The van der Waals surface area contributed by atoms with Gasteiger partial charge in [-0.2, -0.15) is 0 Å². The minimum absolute atomic E-state index is 0.465. The highest BCUT2D eigenvalue weighted by Crippen LogP contribution is 2.57. The molecule has 2 heteroatoms. The number of thiophene rings is 1. The van der Waals surface area contributed by atoms with Crippen LogP contribution in [0.5, 0.6) is 0 Å². The van der Waals surface area contributed by atoms with E-state index in [0.717, 1.165) is 16.8 Å². The number of fused-ring (bicyclic) bond motifs is 10. The minimum Gasteiger partial charge on any atom is -0.247 e. The zero-order valence-corrected chi connectivity index (χ0v) is 29.1. The molecule has 242 valence electrons. The van der Waals surface area contributed by atoms with Crippen molar-refractivity contribution < 1.29 is 0 Å². The highest BCUT2D eigenvalue weighted by molar-refractivity contribution is 7.26. The lowest BCUT2D eigenvalue weighted by Gasteiger charge is -2.34. The van der Waals surface area contributed by atoms with Crippen molar-refractivity contribution in [3.8, 4) is 33.5 Å². The number of rotatable bonds is 4. The molecule has 2 aromatic heterocycles. The van der Waals surface area contributed by atoms with Crippen LogP contribution in [0.15, 0.2) is 188 Å². The monoisotopic (exact) mass is 677 g/mol. The molecule has 0 N–H and O–H groups in total. The normalized spacial score (nSPS) is 13.2. The van der Waals surface area contributed by atoms with Crippen LogP contribution in [0, 0.1) is 0 Å². The molecule has 0 saturated heterocycles. The minimum atomic E-state index is -0.465. The third kappa shape index (κ3) is 4.07. The number of aromatic nitrogens is 1. The fourth-order valence-corrected chi connectivity index (χ4v) is 10.2. The van der Waals surface area contributed by atoms with E-state index in [4.69, 9.17) is 4.98 Å². The van der Waals surface area contributed by atoms with Crippen molar-refractivity contribution in [2.24, 2.45) is 0 Å². The number of benzene rings is 8. The molecule has 0 fully saturated rings. The third-order valence-corrected chi connectivity index (χ3v) is 12.3. The Morgan fingerprint density at radius 3 is 1.79 bits per heavy atom. The number of hydrogen-bond acceptors (Lipinski definition) is 2. The maximum Gasteiger partial charge on any atom is 0.0788 e. The quantitative estimate of drug-likeness (QED) is 0.169. The first-order valence-corrected chi connectivity index (χ1v) is 18.7. The van der Waals surface area contributed by atoms with Crippen LogP contribution in [0.1, 0.15) is 22.3 Å². The highest BCUT2D eigenvalue weighted by atomic mass is 32.1. The van der Waals surface area contributed by atoms with Gasteiger partial charge in [-0.05, 0) is 63.2 Å². The largest absolute Gasteiger partial charge is 0.247 e. The molecule has 0 amide bonds. The molecule has 11 rings (SSSR count). The summed E-state index contributed by atoms with van der Waals surface area (Å²) in [6, 6.07) is 69.0. The zero-order valence-electron chi connectivity index (χ0n) is 28.3. The molecule has 8 aromatic carbocycles. The number of nitrogens with zero attached hydrogens (tertiary/aromatic N) is 1. The molecule has 0 spiro atoms. The fraction of sp³-hybridized carbons (Fsp3) is 0.0200. The number of pyridine rings is 1. The lowest BCUT2D eigenvalue weighted by atomic mass is 9.67. The summed E-state index contributed by atoms with van der Waals surface area (Å²) in [4.78, 5) is 5.37. The van der Waals surface area contributed by atoms with Crippen molar-refractivity contribution in [3.63, 3.8) is 0 Å². The summed E-state index contributed by atoms with van der Waals surface area (Å²) in [6.07, 6.45) is 0. The molecule has 10 aromatic rings. The van der Waals surface area contributed by atoms with Crippen molar-refractivity contribution >= 4 is 53.2 Å². The summed E-state index contributed by atoms with van der Waals surface area (Å²) in [5.41, 5.74) is 12.9. The third-order valence-electron chi connectivity index (χ3n) is 11.1. The molecule has 1 aliphatic rings. The van der Waals surface area contributed by atoms with E-state index in [1.165, 1.54) is 80.8 Å². The van der Waals surface area contributed by atoms with Crippen LogP contribution in [0.3, 0.4) is 0 Å².